The number of imidazole rings is 1. The Labute approximate surface area is 79.8 Å². The van der Waals surface area contributed by atoms with Crippen LogP contribution < -0.4 is 0 Å². The normalized spacial score (nSPS) is 16.4. The summed E-state index contributed by atoms with van der Waals surface area (Å²) < 4.78 is 0. The number of aromatic amines is 1. The number of aromatic nitrogens is 2. The largest absolute Gasteiger partial charge is 0.348 e. The second-order valence-corrected chi connectivity index (χ2v) is 4.00. The van der Waals surface area contributed by atoms with Crippen molar-refractivity contribution < 1.29 is 0 Å². The number of hydrogen-bond donors (Lipinski definition) is 1. The van der Waals surface area contributed by atoms with Crippen molar-refractivity contribution in [2.75, 3.05) is 0 Å². The van der Waals surface area contributed by atoms with Crippen molar-refractivity contribution in [2.24, 2.45) is 0 Å². The van der Waals surface area contributed by atoms with E-state index in [1.165, 1.54) is 43.6 Å². The van der Waals surface area contributed by atoms with Crippen LogP contribution in [0, 0.1) is 0 Å². The van der Waals surface area contributed by atoms with E-state index in [9.17, 15) is 0 Å². The Bertz CT molecular complexity index is 261. The van der Waals surface area contributed by atoms with Gasteiger partial charge in [-0.05, 0) is 19.3 Å². The second-order valence-electron chi connectivity index (χ2n) is 4.00. The highest BCUT2D eigenvalue weighted by atomic mass is 14.9. The van der Waals surface area contributed by atoms with Gasteiger partial charge in [0.05, 0.1) is 5.69 Å². The third-order valence-electron chi connectivity index (χ3n) is 2.66. The minimum atomic E-state index is 0.788. The average Bonchev–Trinajstić information content (AvgIpc) is 2.88. The smallest absolute Gasteiger partial charge is 0.106 e. The summed E-state index contributed by atoms with van der Waals surface area (Å²) in [5, 5.41) is 0. The van der Waals surface area contributed by atoms with Crippen molar-refractivity contribution in [2.45, 2.75) is 51.4 Å². The van der Waals surface area contributed by atoms with Crippen LogP contribution >= 0.6 is 0 Å². The first-order valence-corrected chi connectivity index (χ1v) is 5.44. The zero-order chi connectivity index (χ0) is 9.10. The zero-order valence-corrected chi connectivity index (χ0v) is 8.34. The van der Waals surface area contributed by atoms with E-state index in [1.807, 2.05) is 0 Å². The molecule has 0 atom stereocenters. The number of nitrogens with one attached hydrogen (secondary N) is 1. The van der Waals surface area contributed by atoms with Crippen LogP contribution in [0.2, 0.25) is 0 Å². The molecule has 72 valence electrons. The number of nitrogens with zero attached hydrogens (tertiary/aromatic N) is 1. The van der Waals surface area contributed by atoms with Crippen LogP contribution in [-0.4, -0.2) is 9.97 Å². The molecule has 13 heavy (non-hydrogen) atoms. The minimum Gasteiger partial charge on any atom is -0.348 e. The van der Waals surface area contributed by atoms with E-state index >= 15 is 0 Å². The van der Waals surface area contributed by atoms with Gasteiger partial charge < -0.3 is 4.98 Å². The summed E-state index contributed by atoms with van der Waals surface area (Å²) in [5.41, 5.74) is 1.30. The fourth-order valence-corrected chi connectivity index (χ4v) is 1.64. The first-order chi connectivity index (χ1) is 6.40. The number of aryl methyl sites for hydroxylation is 1. The summed E-state index contributed by atoms with van der Waals surface area (Å²) in [7, 11) is 0. The SMILES string of the molecule is CCCCCc1nc(C2CC2)c[nH]1. The first kappa shape index (κ1) is 8.79. The van der Waals surface area contributed by atoms with Crippen molar-refractivity contribution in [1.29, 1.82) is 0 Å². The maximum absolute atomic E-state index is 4.59. The maximum atomic E-state index is 4.59. The van der Waals surface area contributed by atoms with Gasteiger partial charge in [-0.25, -0.2) is 4.98 Å². The van der Waals surface area contributed by atoms with E-state index in [1.54, 1.807) is 0 Å². The highest BCUT2D eigenvalue weighted by molar-refractivity contribution is 5.13. The number of rotatable bonds is 5. The molecule has 2 nitrogen and oxygen atoms in total. The monoisotopic (exact) mass is 178 g/mol. The van der Waals surface area contributed by atoms with E-state index in [-0.39, 0.29) is 0 Å². The van der Waals surface area contributed by atoms with Crippen LogP contribution in [0.3, 0.4) is 0 Å². The highest BCUT2D eigenvalue weighted by Crippen LogP contribution is 2.38. The van der Waals surface area contributed by atoms with Crippen molar-refractivity contribution in [3.8, 4) is 0 Å². The standard InChI is InChI=1S/C11H18N2/c1-2-3-4-5-11-12-8-10(13-11)9-6-7-9/h8-9H,2-7H2,1H3,(H,12,13). The Morgan fingerprint density at radius 1 is 1.46 bits per heavy atom. The van der Waals surface area contributed by atoms with Crippen molar-refractivity contribution in [3.05, 3.63) is 17.7 Å². The quantitative estimate of drug-likeness (QED) is 0.690. The fraction of sp³-hybridized carbons (Fsp3) is 0.727. The molecule has 0 amide bonds. The molecule has 0 aliphatic heterocycles. The Kier molecular flexibility index (Phi) is 2.67. The molecule has 1 aromatic heterocycles. The molecule has 0 bridgehead atoms. The lowest BCUT2D eigenvalue weighted by atomic mass is 10.2. The summed E-state index contributed by atoms with van der Waals surface area (Å²) in [6, 6.07) is 0. The average molecular weight is 178 g/mol. The highest BCUT2D eigenvalue weighted by Gasteiger charge is 2.25. The molecular formula is C11H18N2. The Morgan fingerprint density at radius 2 is 2.31 bits per heavy atom. The molecule has 1 fully saturated rings. The van der Waals surface area contributed by atoms with Crippen LogP contribution in [0.5, 0.6) is 0 Å². The van der Waals surface area contributed by atoms with Gasteiger partial charge in [-0.3, -0.25) is 0 Å². The van der Waals surface area contributed by atoms with Gasteiger partial charge in [-0.1, -0.05) is 19.8 Å². The predicted molar refractivity (Wildman–Crippen MR) is 53.8 cm³/mol. The van der Waals surface area contributed by atoms with E-state index in [0.29, 0.717) is 0 Å². The first-order valence-electron chi connectivity index (χ1n) is 5.44. The number of H-pyrrole nitrogens is 1. The van der Waals surface area contributed by atoms with Gasteiger partial charge in [-0.15, -0.1) is 0 Å². The lowest BCUT2D eigenvalue weighted by molar-refractivity contribution is 0.698. The summed E-state index contributed by atoms with van der Waals surface area (Å²) in [6.45, 7) is 2.23. The van der Waals surface area contributed by atoms with E-state index in [4.69, 9.17) is 0 Å². The maximum Gasteiger partial charge on any atom is 0.106 e. The molecule has 1 aliphatic carbocycles. The van der Waals surface area contributed by atoms with Crippen molar-refractivity contribution >= 4 is 0 Å². The number of hydrogen-bond acceptors (Lipinski definition) is 1. The van der Waals surface area contributed by atoms with Crippen LogP contribution in [-0.2, 0) is 6.42 Å². The third kappa shape index (κ3) is 2.33. The van der Waals surface area contributed by atoms with E-state index < -0.39 is 0 Å². The van der Waals surface area contributed by atoms with E-state index in [0.717, 1.165) is 12.3 Å². The number of unbranched alkanes of at least 4 members (excludes halogenated alkanes) is 2. The van der Waals surface area contributed by atoms with Gasteiger partial charge in [0.25, 0.3) is 0 Å². The molecule has 0 saturated heterocycles. The fourth-order valence-electron chi connectivity index (χ4n) is 1.64. The second kappa shape index (κ2) is 3.95. The molecule has 0 radical (unpaired) electrons. The van der Waals surface area contributed by atoms with Crippen LogP contribution in [0.15, 0.2) is 6.20 Å². The van der Waals surface area contributed by atoms with Gasteiger partial charge in [0.15, 0.2) is 0 Å². The lowest BCUT2D eigenvalue weighted by Gasteiger charge is -1.94. The molecule has 0 aromatic carbocycles. The van der Waals surface area contributed by atoms with Crippen LogP contribution in [0.4, 0.5) is 0 Å². The van der Waals surface area contributed by atoms with Gasteiger partial charge in [0.1, 0.15) is 5.82 Å². The van der Waals surface area contributed by atoms with Gasteiger partial charge in [0, 0.05) is 18.5 Å². The zero-order valence-electron chi connectivity index (χ0n) is 8.34. The molecule has 1 aliphatic rings. The third-order valence-corrected chi connectivity index (χ3v) is 2.66. The molecule has 0 unspecified atom stereocenters. The van der Waals surface area contributed by atoms with Gasteiger partial charge in [0.2, 0.25) is 0 Å². The lowest BCUT2D eigenvalue weighted by Crippen LogP contribution is -1.88. The van der Waals surface area contributed by atoms with Crippen LogP contribution in [0.1, 0.15) is 56.5 Å². The Morgan fingerprint density at radius 3 is 3.00 bits per heavy atom. The Balaban J connectivity index is 1.82. The summed E-state index contributed by atoms with van der Waals surface area (Å²) in [4.78, 5) is 7.86. The molecule has 2 heteroatoms. The molecular weight excluding hydrogens is 160 g/mol. The molecule has 1 heterocycles. The summed E-state index contributed by atoms with van der Waals surface area (Å²) in [6.07, 6.45) is 9.79. The Hall–Kier alpha value is -0.790. The molecule has 1 aromatic rings. The summed E-state index contributed by atoms with van der Waals surface area (Å²) in [5.74, 6) is 1.98. The van der Waals surface area contributed by atoms with Crippen LogP contribution in [0.25, 0.3) is 0 Å². The van der Waals surface area contributed by atoms with Gasteiger partial charge >= 0.3 is 0 Å². The van der Waals surface area contributed by atoms with E-state index in [2.05, 4.69) is 23.1 Å². The molecule has 1 N–H and O–H groups in total. The van der Waals surface area contributed by atoms with Crippen molar-refractivity contribution in [3.63, 3.8) is 0 Å². The molecule has 1 saturated carbocycles. The topological polar surface area (TPSA) is 28.7 Å². The van der Waals surface area contributed by atoms with Gasteiger partial charge in [-0.2, -0.15) is 0 Å². The van der Waals surface area contributed by atoms with Crippen molar-refractivity contribution in [1.82, 2.24) is 9.97 Å². The molecule has 0 spiro atoms. The minimum absolute atomic E-state index is 0.788. The molecule has 2 rings (SSSR count). The summed E-state index contributed by atoms with van der Waals surface area (Å²) >= 11 is 0. The predicted octanol–water partition coefficient (Wildman–Crippen LogP) is 3.02.